The third-order valence-corrected chi connectivity index (χ3v) is 2.72. The van der Waals surface area contributed by atoms with Gasteiger partial charge in [0.25, 0.3) is 0 Å². The molecule has 0 aliphatic rings. The lowest BCUT2D eigenvalue weighted by Gasteiger charge is -2.08. The standard InChI is InChI=1S/C14H19N3/c1-3-8-15-9-12(2)10-17-11-16-13-6-4-5-7-14(13)17/h4-7,11,15H,2-3,8-10H2,1H3. The molecule has 0 unspecified atom stereocenters. The average Bonchev–Trinajstić information content (AvgIpc) is 2.73. The fraction of sp³-hybridized carbons (Fsp3) is 0.357. The van der Waals surface area contributed by atoms with E-state index in [4.69, 9.17) is 0 Å². The molecule has 1 N–H and O–H groups in total. The van der Waals surface area contributed by atoms with Crippen LogP contribution in [-0.2, 0) is 6.54 Å². The van der Waals surface area contributed by atoms with E-state index in [1.54, 1.807) is 0 Å². The van der Waals surface area contributed by atoms with Crippen molar-refractivity contribution in [3.8, 4) is 0 Å². The highest BCUT2D eigenvalue weighted by atomic mass is 15.0. The van der Waals surface area contributed by atoms with Gasteiger partial charge in [-0.25, -0.2) is 4.98 Å². The fourth-order valence-electron chi connectivity index (χ4n) is 1.88. The summed E-state index contributed by atoms with van der Waals surface area (Å²) in [4.78, 5) is 4.37. The Morgan fingerprint density at radius 1 is 1.41 bits per heavy atom. The smallest absolute Gasteiger partial charge is 0.0961 e. The van der Waals surface area contributed by atoms with Crippen LogP contribution < -0.4 is 5.32 Å². The zero-order valence-corrected chi connectivity index (χ0v) is 10.3. The molecule has 17 heavy (non-hydrogen) atoms. The predicted molar refractivity (Wildman–Crippen MR) is 72.0 cm³/mol. The van der Waals surface area contributed by atoms with E-state index in [2.05, 4.69) is 34.4 Å². The minimum absolute atomic E-state index is 0.831. The molecule has 1 aromatic carbocycles. The zero-order valence-electron chi connectivity index (χ0n) is 10.3. The molecule has 0 saturated heterocycles. The van der Waals surface area contributed by atoms with Crippen molar-refractivity contribution in [3.63, 3.8) is 0 Å². The van der Waals surface area contributed by atoms with Gasteiger partial charge in [-0.2, -0.15) is 0 Å². The number of hydrogen-bond donors (Lipinski definition) is 1. The molecule has 0 fully saturated rings. The molecule has 0 atom stereocenters. The molecule has 2 aromatic rings. The van der Waals surface area contributed by atoms with Gasteiger partial charge in [0.2, 0.25) is 0 Å². The van der Waals surface area contributed by atoms with Gasteiger partial charge >= 0.3 is 0 Å². The molecular weight excluding hydrogens is 210 g/mol. The highest BCUT2D eigenvalue weighted by Crippen LogP contribution is 2.12. The van der Waals surface area contributed by atoms with Crippen LogP contribution in [0.3, 0.4) is 0 Å². The highest BCUT2D eigenvalue weighted by molar-refractivity contribution is 5.74. The number of imidazole rings is 1. The lowest BCUT2D eigenvalue weighted by Crippen LogP contribution is -2.19. The van der Waals surface area contributed by atoms with Crippen molar-refractivity contribution >= 4 is 11.0 Å². The van der Waals surface area contributed by atoms with Gasteiger partial charge in [0, 0.05) is 13.1 Å². The Kier molecular flexibility index (Phi) is 3.94. The summed E-state index contributed by atoms with van der Waals surface area (Å²) >= 11 is 0. The maximum absolute atomic E-state index is 4.37. The molecule has 0 radical (unpaired) electrons. The second kappa shape index (κ2) is 5.64. The topological polar surface area (TPSA) is 29.9 Å². The first-order chi connectivity index (χ1) is 8.31. The second-order valence-electron chi connectivity index (χ2n) is 4.29. The molecule has 3 nitrogen and oxygen atoms in total. The first-order valence-electron chi connectivity index (χ1n) is 6.08. The van der Waals surface area contributed by atoms with E-state index in [1.807, 2.05) is 24.5 Å². The first-order valence-corrected chi connectivity index (χ1v) is 6.08. The summed E-state index contributed by atoms with van der Waals surface area (Å²) in [5.41, 5.74) is 3.40. The quantitative estimate of drug-likeness (QED) is 0.609. The molecule has 0 amide bonds. The molecule has 2 rings (SSSR count). The van der Waals surface area contributed by atoms with E-state index in [1.165, 1.54) is 11.1 Å². The fourth-order valence-corrected chi connectivity index (χ4v) is 1.88. The van der Waals surface area contributed by atoms with Gasteiger partial charge in [-0.1, -0.05) is 25.6 Å². The summed E-state index contributed by atoms with van der Waals surface area (Å²) in [6.07, 6.45) is 3.04. The van der Waals surface area contributed by atoms with Gasteiger partial charge in [0.1, 0.15) is 0 Å². The molecule has 0 bridgehead atoms. The summed E-state index contributed by atoms with van der Waals surface area (Å²) in [7, 11) is 0. The van der Waals surface area contributed by atoms with E-state index in [-0.39, 0.29) is 0 Å². The zero-order chi connectivity index (χ0) is 12.1. The first kappa shape index (κ1) is 11.9. The van der Waals surface area contributed by atoms with Gasteiger partial charge in [0.05, 0.1) is 17.4 Å². The van der Waals surface area contributed by atoms with Crippen LogP contribution in [0.2, 0.25) is 0 Å². The molecule has 3 heteroatoms. The average molecular weight is 229 g/mol. The van der Waals surface area contributed by atoms with Gasteiger partial charge < -0.3 is 9.88 Å². The number of hydrogen-bond acceptors (Lipinski definition) is 2. The van der Waals surface area contributed by atoms with Crippen LogP contribution in [0.15, 0.2) is 42.7 Å². The Bertz CT molecular complexity index is 499. The molecule has 0 aliphatic heterocycles. The molecule has 0 spiro atoms. The second-order valence-corrected chi connectivity index (χ2v) is 4.29. The number of fused-ring (bicyclic) bond motifs is 1. The molecular formula is C14H19N3. The largest absolute Gasteiger partial charge is 0.326 e. The van der Waals surface area contributed by atoms with E-state index in [9.17, 15) is 0 Å². The lowest BCUT2D eigenvalue weighted by molar-refractivity contribution is 0.680. The Balaban J connectivity index is 2.01. The maximum Gasteiger partial charge on any atom is 0.0961 e. The van der Waals surface area contributed by atoms with Crippen LogP contribution in [0.25, 0.3) is 11.0 Å². The predicted octanol–water partition coefficient (Wildman–Crippen LogP) is 2.59. The Labute approximate surface area is 102 Å². The number of nitrogens with one attached hydrogen (secondary N) is 1. The molecule has 1 heterocycles. The van der Waals surface area contributed by atoms with Crippen LogP contribution in [0.5, 0.6) is 0 Å². The van der Waals surface area contributed by atoms with Gasteiger partial charge in [0.15, 0.2) is 0 Å². The molecule has 1 aromatic heterocycles. The number of benzene rings is 1. The Hall–Kier alpha value is -1.61. The third-order valence-electron chi connectivity index (χ3n) is 2.72. The van der Waals surface area contributed by atoms with Crippen molar-refractivity contribution in [3.05, 3.63) is 42.7 Å². The number of rotatable bonds is 6. The van der Waals surface area contributed by atoms with Gasteiger partial charge in [-0.15, -0.1) is 0 Å². The van der Waals surface area contributed by atoms with Crippen molar-refractivity contribution in [2.45, 2.75) is 19.9 Å². The summed E-state index contributed by atoms with van der Waals surface area (Å²) in [5.74, 6) is 0. The lowest BCUT2D eigenvalue weighted by atomic mass is 10.2. The third kappa shape index (κ3) is 2.94. The minimum Gasteiger partial charge on any atom is -0.326 e. The number of para-hydroxylation sites is 2. The minimum atomic E-state index is 0.831. The van der Waals surface area contributed by atoms with Crippen molar-refractivity contribution in [1.82, 2.24) is 14.9 Å². The summed E-state index contributed by atoms with van der Waals surface area (Å²) in [6.45, 7) is 9.01. The van der Waals surface area contributed by atoms with Crippen molar-refractivity contribution in [2.24, 2.45) is 0 Å². The number of aromatic nitrogens is 2. The molecule has 0 saturated carbocycles. The molecule has 0 aliphatic carbocycles. The van der Waals surface area contributed by atoms with Crippen LogP contribution in [0, 0.1) is 0 Å². The van der Waals surface area contributed by atoms with Crippen LogP contribution >= 0.6 is 0 Å². The monoisotopic (exact) mass is 229 g/mol. The van der Waals surface area contributed by atoms with Crippen molar-refractivity contribution in [1.29, 1.82) is 0 Å². The van der Waals surface area contributed by atoms with E-state index in [0.717, 1.165) is 31.6 Å². The highest BCUT2D eigenvalue weighted by Gasteiger charge is 2.02. The van der Waals surface area contributed by atoms with E-state index in [0.29, 0.717) is 0 Å². The van der Waals surface area contributed by atoms with Crippen LogP contribution in [-0.4, -0.2) is 22.6 Å². The van der Waals surface area contributed by atoms with E-state index < -0.39 is 0 Å². The van der Waals surface area contributed by atoms with E-state index >= 15 is 0 Å². The number of nitrogens with zero attached hydrogens (tertiary/aromatic N) is 2. The Morgan fingerprint density at radius 3 is 3.06 bits per heavy atom. The Morgan fingerprint density at radius 2 is 2.24 bits per heavy atom. The maximum atomic E-state index is 4.37. The SMILES string of the molecule is C=C(CNCCC)Cn1cnc2ccccc21. The summed E-state index contributed by atoms with van der Waals surface area (Å²) in [6, 6.07) is 8.18. The summed E-state index contributed by atoms with van der Waals surface area (Å²) < 4.78 is 2.14. The van der Waals surface area contributed by atoms with Gasteiger partial charge in [-0.3, -0.25) is 0 Å². The van der Waals surface area contributed by atoms with Crippen molar-refractivity contribution in [2.75, 3.05) is 13.1 Å². The van der Waals surface area contributed by atoms with Gasteiger partial charge in [-0.05, 0) is 30.7 Å². The van der Waals surface area contributed by atoms with Crippen molar-refractivity contribution < 1.29 is 0 Å². The normalized spacial score (nSPS) is 10.9. The van der Waals surface area contributed by atoms with Crippen LogP contribution in [0.1, 0.15) is 13.3 Å². The molecule has 90 valence electrons. The van der Waals surface area contributed by atoms with Crippen LogP contribution in [0.4, 0.5) is 0 Å². The summed E-state index contributed by atoms with van der Waals surface area (Å²) in [5, 5.41) is 3.36.